The number of benzene rings is 1. The third-order valence-electron chi connectivity index (χ3n) is 1.83. The Balaban J connectivity index is 3.26. The topological polar surface area (TPSA) is 12.4 Å². The van der Waals surface area contributed by atoms with Gasteiger partial charge in [-0.1, -0.05) is 28.1 Å². The van der Waals surface area contributed by atoms with Crippen LogP contribution in [-0.2, 0) is 0 Å². The minimum Gasteiger partial charge on any atom is -0.317 e. The first-order chi connectivity index (χ1) is 7.59. The largest absolute Gasteiger partial charge is 0.432 e. The molecule has 0 amide bonds. The van der Waals surface area contributed by atoms with Crippen molar-refractivity contribution in [3.8, 4) is 0 Å². The monoisotopic (exact) mass is 323 g/mol. The molecular weight excluding hydrogens is 311 g/mol. The summed E-state index contributed by atoms with van der Waals surface area (Å²) < 4.78 is 43.4. The van der Waals surface area contributed by atoms with Crippen LogP contribution in [0.15, 0.2) is 33.4 Å². The second-order valence-corrected chi connectivity index (χ2v) is 10.1. The van der Waals surface area contributed by atoms with E-state index < -0.39 is 20.1 Å². The van der Waals surface area contributed by atoms with E-state index in [9.17, 15) is 13.2 Å². The zero-order valence-corrected chi connectivity index (χ0v) is 12.4. The molecule has 0 heterocycles. The lowest BCUT2D eigenvalue weighted by Crippen LogP contribution is -2.30. The molecule has 0 N–H and O–H groups in total. The second-order valence-electron chi connectivity index (χ2n) is 4.64. The molecule has 94 valence electrons. The fourth-order valence-corrected chi connectivity index (χ4v) is 2.43. The van der Waals surface area contributed by atoms with Crippen LogP contribution in [0.2, 0.25) is 19.6 Å². The van der Waals surface area contributed by atoms with Crippen molar-refractivity contribution < 1.29 is 13.2 Å². The number of hydrogen-bond acceptors (Lipinski definition) is 1. The van der Waals surface area contributed by atoms with E-state index in [0.717, 1.165) is 4.47 Å². The average molecular weight is 324 g/mol. The third-order valence-corrected chi connectivity index (χ3v) is 3.26. The van der Waals surface area contributed by atoms with Gasteiger partial charge in [0, 0.05) is 10.0 Å². The maximum Gasteiger partial charge on any atom is 0.432 e. The van der Waals surface area contributed by atoms with Crippen molar-refractivity contribution in [1.29, 1.82) is 0 Å². The third kappa shape index (κ3) is 4.63. The van der Waals surface area contributed by atoms with Crippen molar-refractivity contribution >= 4 is 29.9 Å². The van der Waals surface area contributed by atoms with E-state index in [1.807, 2.05) is 0 Å². The number of nitrogens with zero attached hydrogens (tertiary/aromatic N) is 1. The molecule has 0 aliphatic rings. The Bertz CT molecular complexity index is 418. The van der Waals surface area contributed by atoms with Crippen LogP contribution >= 0.6 is 15.9 Å². The van der Waals surface area contributed by atoms with Crippen molar-refractivity contribution in [2.24, 2.45) is 4.66 Å². The molecule has 0 spiro atoms. The van der Waals surface area contributed by atoms with Crippen LogP contribution in [0.1, 0.15) is 5.56 Å². The summed E-state index contributed by atoms with van der Waals surface area (Å²) in [6.07, 6.45) is -4.41. The molecule has 0 atom stereocenters. The number of alkyl halides is 3. The first-order valence-electron chi connectivity index (χ1n) is 5.02. The van der Waals surface area contributed by atoms with Gasteiger partial charge < -0.3 is 4.66 Å². The molecule has 0 saturated carbocycles. The van der Waals surface area contributed by atoms with E-state index in [-0.39, 0.29) is 5.56 Å². The van der Waals surface area contributed by atoms with Gasteiger partial charge in [0.2, 0.25) is 0 Å². The molecule has 6 heteroatoms. The summed E-state index contributed by atoms with van der Waals surface area (Å²) in [6, 6.07) is 6.02. The number of hydrogen-bond donors (Lipinski definition) is 0. The van der Waals surface area contributed by atoms with E-state index in [4.69, 9.17) is 0 Å². The van der Waals surface area contributed by atoms with E-state index in [2.05, 4.69) is 20.6 Å². The highest BCUT2D eigenvalue weighted by atomic mass is 79.9. The Morgan fingerprint density at radius 1 is 1.12 bits per heavy atom. The summed E-state index contributed by atoms with van der Waals surface area (Å²) >= 11 is 3.19. The molecule has 0 radical (unpaired) electrons. The van der Waals surface area contributed by atoms with E-state index in [1.165, 1.54) is 12.1 Å². The summed E-state index contributed by atoms with van der Waals surface area (Å²) in [4.78, 5) is 0. The zero-order valence-electron chi connectivity index (χ0n) is 9.77. The van der Waals surface area contributed by atoms with Crippen LogP contribution < -0.4 is 0 Å². The van der Waals surface area contributed by atoms with Gasteiger partial charge in [-0.05, 0) is 31.8 Å². The van der Waals surface area contributed by atoms with E-state index in [0.29, 0.717) is 0 Å². The van der Waals surface area contributed by atoms with Gasteiger partial charge >= 0.3 is 6.18 Å². The van der Waals surface area contributed by atoms with Crippen LogP contribution in [0.5, 0.6) is 0 Å². The molecule has 0 fully saturated rings. The van der Waals surface area contributed by atoms with Gasteiger partial charge in [0.25, 0.3) is 0 Å². The Kier molecular flexibility index (Phi) is 4.19. The fraction of sp³-hybridized carbons (Fsp3) is 0.364. The van der Waals surface area contributed by atoms with Gasteiger partial charge in [-0.25, -0.2) is 0 Å². The van der Waals surface area contributed by atoms with Crippen LogP contribution in [0.25, 0.3) is 0 Å². The molecule has 1 aromatic rings. The summed E-state index contributed by atoms with van der Waals surface area (Å²) in [5.74, 6) is 0. The quantitative estimate of drug-likeness (QED) is 0.555. The Hall–Kier alpha value is -0.623. The lowest BCUT2D eigenvalue weighted by atomic mass is 10.1. The summed E-state index contributed by atoms with van der Waals surface area (Å²) in [6.45, 7) is 5.33. The average Bonchev–Trinajstić information content (AvgIpc) is 2.13. The van der Waals surface area contributed by atoms with Gasteiger partial charge in [0.15, 0.2) is 8.24 Å². The van der Waals surface area contributed by atoms with Crippen molar-refractivity contribution in [2.75, 3.05) is 0 Å². The SMILES string of the molecule is C[Si](C)(C)/N=C(\c1ccc(Br)cc1)C(F)(F)F. The van der Waals surface area contributed by atoms with Crippen molar-refractivity contribution in [2.45, 2.75) is 25.8 Å². The molecule has 0 aliphatic heterocycles. The maximum atomic E-state index is 12.9. The van der Waals surface area contributed by atoms with Crippen molar-refractivity contribution in [1.82, 2.24) is 0 Å². The predicted octanol–water partition coefficient (Wildman–Crippen LogP) is 4.64. The van der Waals surface area contributed by atoms with Crippen molar-refractivity contribution in [3.63, 3.8) is 0 Å². The fourth-order valence-electron chi connectivity index (χ4n) is 1.23. The Morgan fingerprint density at radius 3 is 1.94 bits per heavy atom. The lowest BCUT2D eigenvalue weighted by molar-refractivity contribution is -0.0579. The maximum absolute atomic E-state index is 12.9. The van der Waals surface area contributed by atoms with Crippen LogP contribution in [0, 0.1) is 0 Å². The number of rotatable bonds is 2. The van der Waals surface area contributed by atoms with Gasteiger partial charge in [0.1, 0.15) is 5.71 Å². The Labute approximate surface area is 108 Å². The molecule has 0 aliphatic carbocycles. The van der Waals surface area contributed by atoms with Gasteiger partial charge in [-0.15, -0.1) is 0 Å². The standard InChI is InChI=1S/C11H13BrF3NSi/c1-17(2,3)16-10(11(13,14)15)8-4-6-9(12)7-5-8/h4-7H,1-3H3/b16-10+. The van der Waals surface area contributed by atoms with E-state index >= 15 is 0 Å². The molecule has 0 saturated heterocycles. The second kappa shape index (κ2) is 4.94. The van der Waals surface area contributed by atoms with Crippen LogP contribution in [0.3, 0.4) is 0 Å². The molecule has 0 unspecified atom stereocenters. The van der Waals surface area contributed by atoms with Gasteiger partial charge in [-0.3, -0.25) is 0 Å². The van der Waals surface area contributed by atoms with E-state index in [1.54, 1.807) is 31.8 Å². The minimum absolute atomic E-state index is 0.114. The molecule has 1 rings (SSSR count). The first-order valence-corrected chi connectivity index (χ1v) is 9.26. The normalized spacial score (nSPS) is 13.9. The highest BCUT2D eigenvalue weighted by Gasteiger charge is 2.37. The van der Waals surface area contributed by atoms with Gasteiger partial charge in [0.05, 0.1) is 0 Å². The zero-order chi connectivity index (χ0) is 13.3. The Morgan fingerprint density at radius 2 is 1.59 bits per heavy atom. The summed E-state index contributed by atoms with van der Waals surface area (Å²) in [5.41, 5.74) is -0.660. The molecule has 0 aromatic heterocycles. The molecule has 1 aromatic carbocycles. The minimum atomic E-state index is -4.41. The highest BCUT2D eigenvalue weighted by Crippen LogP contribution is 2.25. The summed E-state index contributed by atoms with van der Waals surface area (Å²) in [7, 11) is -2.17. The molecule has 1 nitrogen and oxygen atoms in total. The summed E-state index contributed by atoms with van der Waals surface area (Å²) in [5, 5.41) is 0. The van der Waals surface area contributed by atoms with Crippen molar-refractivity contribution in [3.05, 3.63) is 34.3 Å². The predicted molar refractivity (Wildman–Crippen MR) is 70.1 cm³/mol. The smallest absolute Gasteiger partial charge is 0.317 e. The highest BCUT2D eigenvalue weighted by molar-refractivity contribution is 9.10. The van der Waals surface area contributed by atoms with Crippen LogP contribution in [0.4, 0.5) is 13.2 Å². The molecule has 0 bridgehead atoms. The molecule has 17 heavy (non-hydrogen) atoms. The lowest BCUT2D eigenvalue weighted by Gasteiger charge is -2.17. The number of halogens is 4. The van der Waals surface area contributed by atoms with Crippen LogP contribution in [-0.4, -0.2) is 20.1 Å². The van der Waals surface area contributed by atoms with Gasteiger partial charge in [-0.2, -0.15) is 13.2 Å². The first kappa shape index (κ1) is 14.4. The molecular formula is C11H13BrF3NSi.